The molecule has 0 unspecified atom stereocenters. The van der Waals surface area contributed by atoms with E-state index in [9.17, 15) is 4.79 Å². The molecule has 3 aromatic rings. The lowest BCUT2D eigenvalue weighted by Crippen LogP contribution is -2.50. The first-order valence-electron chi connectivity index (χ1n) is 11.7. The van der Waals surface area contributed by atoms with Crippen LogP contribution in [-0.2, 0) is 12.8 Å². The highest BCUT2D eigenvalue weighted by Crippen LogP contribution is 2.25. The zero-order valence-electron chi connectivity index (χ0n) is 20.1. The molecule has 6 heteroatoms. The zero-order valence-corrected chi connectivity index (χ0v) is 20.1. The first kappa shape index (κ1) is 22.8. The summed E-state index contributed by atoms with van der Waals surface area (Å²) in [6.45, 7) is 11.0. The fourth-order valence-electron chi connectivity index (χ4n) is 4.24. The lowest BCUT2D eigenvalue weighted by molar-refractivity contribution is 0.208. The summed E-state index contributed by atoms with van der Waals surface area (Å²) < 4.78 is 0. The van der Waals surface area contributed by atoms with E-state index in [1.54, 1.807) is 0 Å². The number of carbonyl (C=O) groups excluding carboxylic acids is 1. The van der Waals surface area contributed by atoms with Gasteiger partial charge in [-0.3, -0.25) is 0 Å². The number of aryl methyl sites for hydroxylation is 4. The van der Waals surface area contributed by atoms with Gasteiger partial charge >= 0.3 is 6.03 Å². The van der Waals surface area contributed by atoms with Crippen LogP contribution in [0.4, 0.5) is 16.3 Å². The predicted octanol–water partition coefficient (Wildman–Crippen LogP) is 4.91. The van der Waals surface area contributed by atoms with Gasteiger partial charge in [-0.05, 0) is 50.5 Å². The van der Waals surface area contributed by atoms with Crippen molar-refractivity contribution < 1.29 is 4.79 Å². The lowest BCUT2D eigenvalue weighted by atomic mass is 10.0. The van der Waals surface area contributed by atoms with E-state index in [1.807, 2.05) is 24.0 Å². The molecule has 2 aromatic carbocycles. The summed E-state index contributed by atoms with van der Waals surface area (Å²) in [5, 5.41) is 3.03. The molecule has 33 heavy (non-hydrogen) atoms. The Morgan fingerprint density at radius 3 is 2.15 bits per heavy atom. The maximum atomic E-state index is 12.8. The van der Waals surface area contributed by atoms with Crippen molar-refractivity contribution in [3.8, 4) is 0 Å². The van der Waals surface area contributed by atoms with Crippen molar-refractivity contribution in [1.29, 1.82) is 0 Å². The Hall–Kier alpha value is -3.41. The molecule has 0 saturated carbocycles. The highest BCUT2D eigenvalue weighted by atomic mass is 16.2. The number of carbonyl (C=O) groups is 1. The number of piperazine rings is 1. The molecule has 1 saturated heterocycles. The number of hydrogen-bond donors (Lipinski definition) is 1. The van der Waals surface area contributed by atoms with Crippen LogP contribution >= 0.6 is 0 Å². The van der Waals surface area contributed by atoms with E-state index in [0.717, 1.165) is 49.0 Å². The SMILES string of the molecule is CCc1ccc(NC(=O)N2CCN(c3nc(C)nc(C)c3Cc3ccc(C)cc3)CC2)cc1. The van der Waals surface area contributed by atoms with E-state index in [4.69, 9.17) is 4.98 Å². The summed E-state index contributed by atoms with van der Waals surface area (Å²) in [6.07, 6.45) is 1.79. The van der Waals surface area contributed by atoms with Crippen molar-refractivity contribution in [2.75, 3.05) is 36.4 Å². The Morgan fingerprint density at radius 2 is 1.52 bits per heavy atom. The van der Waals surface area contributed by atoms with Crippen LogP contribution in [0, 0.1) is 20.8 Å². The van der Waals surface area contributed by atoms with Crippen LogP contribution in [0.2, 0.25) is 0 Å². The molecule has 0 spiro atoms. The molecule has 2 heterocycles. The molecule has 0 aliphatic carbocycles. The molecular weight excluding hydrogens is 410 g/mol. The molecule has 172 valence electrons. The fourth-order valence-corrected chi connectivity index (χ4v) is 4.24. The number of nitrogens with zero attached hydrogens (tertiary/aromatic N) is 4. The average molecular weight is 444 g/mol. The van der Waals surface area contributed by atoms with Gasteiger partial charge in [0.25, 0.3) is 0 Å². The molecule has 6 nitrogen and oxygen atoms in total. The highest BCUT2D eigenvalue weighted by Gasteiger charge is 2.25. The van der Waals surface area contributed by atoms with E-state index in [1.165, 1.54) is 22.3 Å². The second kappa shape index (κ2) is 10.0. The van der Waals surface area contributed by atoms with Gasteiger partial charge in [0.15, 0.2) is 0 Å². The molecule has 1 aromatic heterocycles. The number of benzene rings is 2. The highest BCUT2D eigenvalue weighted by molar-refractivity contribution is 5.89. The third-order valence-corrected chi connectivity index (χ3v) is 6.29. The van der Waals surface area contributed by atoms with Gasteiger partial charge in [0.2, 0.25) is 0 Å². The third-order valence-electron chi connectivity index (χ3n) is 6.29. The number of hydrogen-bond acceptors (Lipinski definition) is 4. The van der Waals surface area contributed by atoms with Crippen LogP contribution in [0.1, 0.15) is 40.7 Å². The summed E-state index contributed by atoms with van der Waals surface area (Å²) >= 11 is 0. The predicted molar refractivity (Wildman–Crippen MR) is 134 cm³/mol. The van der Waals surface area contributed by atoms with E-state index >= 15 is 0 Å². The Labute approximate surface area is 196 Å². The van der Waals surface area contributed by atoms with Crippen molar-refractivity contribution in [1.82, 2.24) is 14.9 Å². The summed E-state index contributed by atoms with van der Waals surface area (Å²) in [5.41, 5.74) is 6.80. The second-order valence-electron chi connectivity index (χ2n) is 8.78. The molecule has 1 aliphatic heterocycles. The van der Waals surface area contributed by atoms with Gasteiger partial charge in [-0.25, -0.2) is 14.8 Å². The van der Waals surface area contributed by atoms with Crippen molar-refractivity contribution >= 4 is 17.5 Å². The van der Waals surface area contributed by atoms with Crippen LogP contribution < -0.4 is 10.2 Å². The maximum Gasteiger partial charge on any atom is 0.321 e. The third kappa shape index (κ3) is 5.51. The van der Waals surface area contributed by atoms with E-state index < -0.39 is 0 Å². The van der Waals surface area contributed by atoms with Crippen LogP contribution in [0.3, 0.4) is 0 Å². The largest absolute Gasteiger partial charge is 0.353 e. The quantitative estimate of drug-likeness (QED) is 0.609. The van der Waals surface area contributed by atoms with Crippen LogP contribution in [0.25, 0.3) is 0 Å². The number of aromatic nitrogens is 2. The van der Waals surface area contributed by atoms with Crippen LogP contribution in [0.5, 0.6) is 0 Å². The summed E-state index contributed by atoms with van der Waals surface area (Å²) in [7, 11) is 0. The number of urea groups is 1. The Morgan fingerprint density at radius 1 is 0.879 bits per heavy atom. The van der Waals surface area contributed by atoms with Gasteiger partial charge < -0.3 is 15.1 Å². The Balaban J connectivity index is 1.44. The van der Waals surface area contributed by atoms with Crippen molar-refractivity contribution in [2.45, 2.75) is 40.5 Å². The monoisotopic (exact) mass is 443 g/mol. The zero-order chi connectivity index (χ0) is 23.4. The van der Waals surface area contributed by atoms with Crippen molar-refractivity contribution in [3.63, 3.8) is 0 Å². The van der Waals surface area contributed by atoms with Gasteiger partial charge in [-0.15, -0.1) is 0 Å². The Bertz CT molecular complexity index is 1100. The average Bonchev–Trinajstić information content (AvgIpc) is 2.82. The van der Waals surface area contributed by atoms with E-state index in [2.05, 4.69) is 72.4 Å². The van der Waals surface area contributed by atoms with E-state index in [0.29, 0.717) is 13.1 Å². The molecule has 4 rings (SSSR count). The van der Waals surface area contributed by atoms with Gasteiger partial charge in [0.1, 0.15) is 11.6 Å². The van der Waals surface area contributed by atoms with Crippen molar-refractivity contribution in [2.24, 2.45) is 0 Å². The molecule has 1 aliphatic rings. The number of anilines is 2. The van der Waals surface area contributed by atoms with Gasteiger partial charge in [-0.2, -0.15) is 0 Å². The molecular formula is C27H33N5O. The molecule has 2 amide bonds. The van der Waals surface area contributed by atoms with Gasteiger partial charge in [-0.1, -0.05) is 48.9 Å². The number of amides is 2. The number of nitrogens with one attached hydrogen (secondary N) is 1. The normalized spacial score (nSPS) is 13.8. The molecule has 0 atom stereocenters. The minimum atomic E-state index is -0.0474. The first-order valence-corrected chi connectivity index (χ1v) is 11.7. The first-order chi connectivity index (χ1) is 15.9. The number of rotatable bonds is 5. The Kier molecular flexibility index (Phi) is 6.92. The standard InChI is InChI=1S/C27H33N5O/c1-5-22-10-12-24(13-11-22)30-27(33)32-16-14-31(15-17-32)26-25(20(3)28-21(4)29-26)18-23-8-6-19(2)7-9-23/h6-13H,5,14-18H2,1-4H3,(H,30,33). The second-order valence-corrected chi connectivity index (χ2v) is 8.78. The minimum Gasteiger partial charge on any atom is -0.353 e. The fraction of sp³-hybridized carbons (Fsp3) is 0.370. The smallest absolute Gasteiger partial charge is 0.321 e. The topological polar surface area (TPSA) is 61.4 Å². The summed E-state index contributed by atoms with van der Waals surface area (Å²) in [6, 6.07) is 16.6. The summed E-state index contributed by atoms with van der Waals surface area (Å²) in [4.78, 5) is 26.4. The van der Waals surface area contributed by atoms with E-state index in [-0.39, 0.29) is 6.03 Å². The maximum absolute atomic E-state index is 12.8. The van der Waals surface area contributed by atoms with Crippen LogP contribution in [0.15, 0.2) is 48.5 Å². The van der Waals surface area contributed by atoms with Crippen molar-refractivity contribution in [3.05, 3.63) is 82.3 Å². The molecule has 0 radical (unpaired) electrons. The van der Waals surface area contributed by atoms with Crippen LogP contribution in [-0.4, -0.2) is 47.1 Å². The minimum absolute atomic E-state index is 0.0474. The van der Waals surface area contributed by atoms with Gasteiger partial charge in [0.05, 0.1) is 0 Å². The summed E-state index contributed by atoms with van der Waals surface area (Å²) in [5.74, 6) is 1.78. The lowest BCUT2D eigenvalue weighted by Gasteiger charge is -2.36. The van der Waals surface area contributed by atoms with Gasteiger partial charge in [0, 0.05) is 49.5 Å². The molecule has 1 N–H and O–H groups in total. The molecule has 0 bridgehead atoms. The molecule has 1 fully saturated rings.